The van der Waals surface area contributed by atoms with E-state index in [4.69, 9.17) is 4.74 Å². The van der Waals surface area contributed by atoms with Gasteiger partial charge in [-0.3, -0.25) is 0 Å². The molecular formula is C14H13BrFNO. The summed E-state index contributed by atoms with van der Waals surface area (Å²) >= 11 is 3.36. The van der Waals surface area contributed by atoms with Crippen LogP contribution in [0, 0.1) is 5.82 Å². The third-order valence-electron chi connectivity index (χ3n) is 2.37. The van der Waals surface area contributed by atoms with Crippen molar-refractivity contribution in [2.45, 2.75) is 0 Å². The fourth-order valence-electron chi connectivity index (χ4n) is 1.49. The predicted molar refractivity (Wildman–Crippen MR) is 74.5 cm³/mol. The van der Waals surface area contributed by atoms with Crippen LogP contribution in [-0.4, -0.2) is 13.2 Å². The molecule has 0 spiro atoms. The highest BCUT2D eigenvalue weighted by atomic mass is 79.9. The Hall–Kier alpha value is -1.55. The Morgan fingerprint density at radius 1 is 1.06 bits per heavy atom. The van der Waals surface area contributed by atoms with Crippen molar-refractivity contribution in [1.82, 2.24) is 0 Å². The van der Waals surface area contributed by atoms with Crippen LogP contribution in [0.4, 0.5) is 10.1 Å². The fraction of sp³-hybridized carbons (Fsp3) is 0.143. The van der Waals surface area contributed by atoms with Gasteiger partial charge in [-0.2, -0.15) is 0 Å². The van der Waals surface area contributed by atoms with Gasteiger partial charge in [0.25, 0.3) is 0 Å². The molecule has 0 bridgehead atoms. The summed E-state index contributed by atoms with van der Waals surface area (Å²) in [6, 6.07) is 14.2. The highest BCUT2D eigenvalue weighted by Crippen LogP contribution is 2.16. The van der Waals surface area contributed by atoms with Crippen molar-refractivity contribution in [2.24, 2.45) is 0 Å². The molecule has 0 aliphatic carbocycles. The summed E-state index contributed by atoms with van der Waals surface area (Å²) in [6.45, 7) is 1.03. The summed E-state index contributed by atoms with van der Waals surface area (Å²) in [4.78, 5) is 0. The molecule has 0 radical (unpaired) electrons. The smallest absolute Gasteiger partial charge is 0.146 e. The van der Waals surface area contributed by atoms with E-state index >= 15 is 0 Å². The van der Waals surface area contributed by atoms with Gasteiger partial charge in [-0.05, 0) is 36.4 Å². The lowest BCUT2D eigenvalue weighted by molar-refractivity contribution is 0.332. The molecule has 94 valence electrons. The van der Waals surface area contributed by atoms with Gasteiger partial charge in [-0.1, -0.05) is 28.1 Å². The lowest BCUT2D eigenvalue weighted by Gasteiger charge is -2.09. The molecule has 1 N–H and O–H groups in total. The van der Waals surface area contributed by atoms with Gasteiger partial charge in [0, 0.05) is 11.0 Å². The van der Waals surface area contributed by atoms with Gasteiger partial charge < -0.3 is 10.1 Å². The number of anilines is 1. The van der Waals surface area contributed by atoms with Gasteiger partial charge >= 0.3 is 0 Å². The third-order valence-corrected chi connectivity index (χ3v) is 2.90. The fourth-order valence-corrected chi connectivity index (χ4v) is 1.75. The van der Waals surface area contributed by atoms with Gasteiger partial charge in [0.2, 0.25) is 0 Å². The van der Waals surface area contributed by atoms with Crippen LogP contribution >= 0.6 is 15.9 Å². The molecule has 0 saturated heterocycles. The van der Waals surface area contributed by atoms with Crippen molar-refractivity contribution in [3.8, 4) is 5.75 Å². The highest BCUT2D eigenvalue weighted by molar-refractivity contribution is 9.10. The van der Waals surface area contributed by atoms with E-state index in [0.29, 0.717) is 18.8 Å². The minimum absolute atomic E-state index is 0.249. The summed E-state index contributed by atoms with van der Waals surface area (Å²) < 4.78 is 19.8. The number of benzene rings is 2. The average Bonchev–Trinajstić information content (AvgIpc) is 2.39. The summed E-state index contributed by atoms with van der Waals surface area (Å²) in [5.41, 5.74) is 0.497. The summed E-state index contributed by atoms with van der Waals surface area (Å²) in [6.07, 6.45) is 0. The van der Waals surface area contributed by atoms with E-state index in [1.54, 1.807) is 18.2 Å². The monoisotopic (exact) mass is 309 g/mol. The van der Waals surface area contributed by atoms with Crippen LogP contribution in [0.2, 0.25) is 0 Å². The molecule has 2 aromatic rings. The Labute approximate surface area is 114 Å². The minimum atomic E-state index is -0.249. The zero-order valence-electron chi connectivity index (χ0n) is 9.70. The number of nitrogens with one attached hydrogen (secondary N) is 1. The zero-order valence-corrected chi connectivity index (χ0v) is 11.3. The molecule has 2 nitrogen and oxygen atoms in total. The maximum atomic E-state index is 13.3. The largest absolute Gasteiger partial charge is 0.492 e. The molecule has 2 aromatic carbocycles. The normalized spacial score (nSPS) is 10.1. The maximum Gasteiger partial charge on any atom is 0.146 e. The average molecular weight is 310 g/mol. The van der Waals surface area contributed by atoms with E-state index in [1.807, 2.05) is 24.3 Å². The summed E-state index contributed by atoms with van der Waals surface area (Å²) in [5, 5.41) is 2.99. The second-order valence-electron chi connectivity index (χ2n) is 3.71. The minimum Gasteiger partial charge on any atom is -0.492 e. The van der Waals surface area contributed by atoms with Crippen molar-refractivity contribution in [1.29, 1.82) is 0 Å². The van der Waals surface area contributed by atoms with E-state index in [0.717, 1.165) is 10.2 Å². The van der Waals surface area contributed by atoms with Gasteiger partial charge in [-0.25, -0.2) is 4.39 Å². The molecule has 0 aliphatic rings. The Morgan fingerprint density at radius 2 is 1.78 bits per heavy atom. The molecule has 0 unspecified atom stereocenters. The SMILES string of the molecule is Fc1ccccc1NCCOc1ccc(Br)cc1. The molecule has 2 rings (SSSR count). The Bertz CT molecular complexity index is 501. The van der Waals surface area contributed by atoms with Crippen LogP contribution in [-0.2, 0) is 0 Å². The molecule has 0 saturated carbocycles. The standard InChI is InChI=1S/C14H13BrFNO/c15-11-5-7-12(8-6-11)18-10-9-17-14-4-2-1-3-13(14)16/h1-8,17H,9-10H2. The first-order valence-electron chi connectivity index (χ1n) is 5.62. The number of ether oxygens (including phenoxy) is 1. The first kappa shape index (κ1) is 12.9. The molecule has 4 heteroatoms. The molecule has 0 aromatic heterocycles. The van der Waals surface area contributed by atoms with Crippen molar-refractivity contribution >= 4 is 21.6 Å². The van der Waals surface area contributed by atoms with Crippen LogP contribution < -0.4 is 10.1 Å². The lowest BCUT2D eigenvalue weighted by atomic mass is 10.3. The molecule has 0 fully saturated rings. The molecule has 0 aliphatic heterocycles. The molecule has 0 amide bonds. The Kier molecular flexibility index (Phi) is 4.59. The summed E-state index contributed by atoms with van der Waals surface area (Å²) in [7, 11) is 0. The first-order valence-corrected chi connectivity index (χ1v) is 6.42. The predicted octanol–water partition coefficient (Wildman–Crippen LogP) is 4.08. The van der Waals surface area contributed by atoms with Gasteiger partial charge in [0.1, 0.15) is 18.2 Å². The van der Waals surface area contributed by atoms with Crippen molar-refractivity contribution in [3.63, 3.8) is 0 Å². The van der Waals surface area contributed by atoms with E-state index in [1.165, 1.54) is 6.07 Å². The van der Waals surface area contributed by atoms with Crippen molar-refractivity contribution in [3.05, 3.63) is 58.8 Å². The Balaban J connectivity index is 1.76. The van der Waals surface area contributed by atoms with Crippen LogP contribution in [0.5, 0.6) is 5.75 Å². The molecule has 0 atom stereocenters. The molecule has 0 heterocycles. The van der Waals surface area contributed by atoms with E-state index in [9.17, 15) is 4.39 Å². The number of rotatable bonds is 5. The zero-order chi connectivity index (χ0) is 12.8. The van der Waals surface area contributed by atoms with Gasteiger partial charge in [-0.15, -0.1) is 0 Å². The highest BCUT2D eigenvalue weighted by Gasteiger charge is 1.99. The van der Waals surface area contributed by atoms with Crippen LogP contribution in [0.25, 0.3) is 0 Å². The number of hydrogen-bond donors (Lipinski definition) is 1. The van der Waals surface area contributed by atoms with Crippen LogP contribution in [0.1, 0.15) is 0 Å². The summed E-state index contributed by atoms with van der Waals surface area (Å²) in [5.74, 6) is 0.551. The van der Waals surface area contributed by atoms with E-state index < -0.39 is 0 Å². The number of para-hydroxylation sites is 1. The van der Waals surface area contributed by atoms with Crippen molar-refractivity contribution in [2.75, 3.05) is 18.5 Å². The Morgan fingerprint density at radius 3 is 2.50 bits per heavy atom. The third kappa shape index (κ3) is 3.74. The van der Waals surface area contributed by atoms with Crippen molar-refractivity contribution < 1.29 is 9.13 Å². The van der Waals surface area contributed by atoms with Gasteiger partial charge in [0.05, 0.1) is 5.69 Å². The second kappa shape index (κ2) is 6.40. The van der Waals surface area contributed by atoms with E-state index in [-0.39, 0.29) is 5.82 Å². The van der Waals surface area contributed by atoms with Gasteiger partial charge in [0.15, 0.2) is 0 Å². The van der Waals surface area contributed by atoms with Crippen LogP contribution in [0.3, 0.4) is 0 Å². The first-order chi connectivity index (χ1) is 8.75. The second-order valence-corrected chi connectivity index (χ2v) is 4.62. The number of halogens is 2. The quantitative estimate of drug-likeness (QED) is 0.840. The lowest BCUT2D eigenvalue weighted by Crippen LogP contribution is -2.12. The number of hydrogen-bond acceptors (Lipinski definition) is 2. The van der Waals surface area contributed by atoms with Crippen LogP contribution in [0.15, 0.2) is 53.0 Å². The topological polar surface area (TPSA) is 21.3 Å². The van der Waals surface area contributed by atoms with E-state index in [2.05, 4.69) is 21.2 Å². The molecular weight excluding hydrogens is 297 g/mol. The molecule has 18 heavy (non-hydrogen) atoms. The maximum absolute atomic E-state index is 13.3.